The molecule has 3 aromatic rings. The van der Waals surface area contributed by atoms with Crippen LogP contribution < -0.4 is 14.2 Å². The molecule has 182 valence electrons. The van der Waals surface area contributed by atoms with Crippen molar-refractivity contribution in [3.05, 3.63) is 88.5 Å². The molecule has 2 aliphatic rings. The summed E-state index contributed by atoms with van der Waals surface area (Å²) in [5.74, 6) is 2.38. The van der Waals surface area contributed by atoms with E-state index in [0.29, 0.717) is 45.1 Å². The van der Waals surface area contributed by atoms with Gasteiger partial charge in [0, 0.05) is 19.5 Å². The van der Waals surface area contributed by atoms with Crippen LogP contribution in [0.2, 0.25) is 0 Å². The third kappa shape index (κ3) is 5.77. The molecule has 2 bridgehead atoms. The summed E-state index contributed by atoms with van der Waals surface area (Å²) in [4.78, 5) is 15.2. The van der Waals surface area contributed by atoms with Gasteiger partial charge < -0.3 is 23.8 Å². The zero-order valence-electron chi connectivity index (χ0n) is 20.1. The van der Waals surface area contributed by atoms with Crippen molar-refractivity contribution >= 4 is 5.91 Å². The van der Waals surface area contributed by atoms with E-state index < -0.39 is 0 Å². The molecule has 0 aliphatic carbocycles. The first-order valence-corrected chi connectivity index (χ1v) is 12.2. The summed E-state index contributed by atoms with van der Waals surface area (Å²) in [7, 11) is 0. The molecule has 2 heterocycles. The molecule has 0 radical (unpaired) electrons. The van der Waals surface area contributed by atoms with Crippen LogP contribution >= 0.6 is 0 Å². The minimum Gasteiger partial charge on any atom is -0.491 e. The van der Waals surface area contributed by atoms with Crippen LogP contribution in [0.1, 0.15) is 34.7 Å². The van der Waals surface area contributed by atoms with Crippen LogP contribution in [0.3, 0.4) is 0 Å². The van der Waals surface area contributed by atoms with Crippen molar-refractivity contribution in [1.82, 2.24) is 4.90 Å². The Morgan fingerprint density at radius 3 is 2.57 bits per heavy atom. The van der Waals surface area contributed by atoms with Gasteiger partial charge in [-0.25, -0.2) is 0 Å². The number of rotatable bonds is 3. The number of amides is 1. The van der Waals surface area contributed by atoms with Crippen molar-refractivity contribution in [2.24, 2.45) is 0 Å². The Bertz CT molecular complexity index is 1190. The van der Waals surface area contributed by atoms with Gasteiger partial charge in [0.1, 0.15) is 12.4 Å². The monoisotopic (exact) mass is 473 g/mol. The maximum absolute atomic E-state index is 13.3. The van der Waals surface area contributed by atoms with E-state index >= 15 is 0 Å². The molecule has 0 spiro atoms. The van der Waals surface area contributed by atoms with Crippen molar-refractivity contribution in [3.63, 3.8) is 0 Å². The Hall–Kier alpha value is -3.51. The normalized spacial score (nSPS) is 15.6. The first-order chi connectivity index (χ1) is 17.2. The Morgan fingerprint density at radius 2 is 1.66 bits per heavy atom. The highest BCUT2D eigenvalue weighted by Gasteiger charge is 2.19. The number of benzene rings is 3. The molecule has 35 heavy (non-hydrogen) atoms. The molecule has 0 fully saturated rings. The van der Waals surface area contributed by atoms with Gasteiger partial charge in [0.05, 0.1) is 19.6 Å². The van der Waals surface area contributed by atoms with Gasteiger partial charge in [-0.15, -0.1) is 0 Å². The molecule has 6 nitrogen and oxygen atoms in total. The molecule has 0 aromatic heterocycles. The van der Waals surface area contributed by atoms with E-state index in [1.807, 2.05) is 23.1 Å². The largest absolute Gasteiger partial charge is 0.491 e. The number of fused-ring (bicyclic) bond motifs is 4. The lowest BCUT2D eigenvalue weighted by molar-refractivity contribution is -0.131. The van der Waals surface area contributed by atoms with E-state index in [0.717, 1.165) is 35.5 Å². The maximum Gasteiger partial charge on any atom is 0.231 e. The molecule has 2 aliphatic heterocycles. The van der Waals surface area contributed by atoms with Crippen molar-refractivity contribution in [2.45, 2.75) is 32.7 Å². The zero-order chi connectivity index (χ0) is 24.0. The quantitative estimate of drug-likeness (QED) is 0.559. The predicted molar refractivity (Wildman–Crippen MR) is 133 cm³/mol. The smallest absolute Gasteiger partial charge is 0.231 e. The average Bonchev–Trinajstić information content (AvgIpc) is 3.34. The second-order valence-electron chi connectivity index (χ2n) is 8.93. The van der Waals surface area contributed by atoms with E-state index in [-0.39, 0.29) is 12.7 Å². The number of carbonyl (C=O) groups excluding carboxylic acids is 1. The molecule has 0 saturated heterocycles. The summed E-state index contributed by atoms with van der Waals surface area (Å²) >= 11 is 0. The molecule has 0 N–H and O–H groups in total. The zero-order valence-corrected chi connectivity index (χ0v) is 20.1. The number of hydrogen-bond donors (Lipinski definition) is 0. The van der Waals surface area contributed by atoms with E-state index in [9.17, 15) is 4.79 Å². The van der Waals surface area contributed by atoms with E-state index in [1.54, 1.807) is 0 Å². The molecule has 0 atom stereocenters. The van der Waals surface area contributed by atoms with Gasteiger partial charge in [-0.2, -0.15) is 0 Å². The average molecular weight is 474 g/mol. The fraction of sp³-hybridized carbons (Fsp3) is 0.345. The van der Waals surface area contributed by atoms with Crippen LogP contribution in [0.4, 0.5) is 0 Å². The summed E-state index contributed by atoms with van der Waals surface area (Å²) < 4.78 is 22.8. The lowest BCUT2D eigenvalue weighted by Gasteiger charge is -2.24. The molecule has 5 rings (SSSR count). The van der Waals surface area contributed by atoms with Crippen LogP contribution in [0.5, 0.6) is 17.2 Å². The van der Waals surface area contributed by atoms with Crippen LogP contribution in [-0.2, 0) is 35.3 Å². The van der Waals surface area contributed by atoms with E-state index in [1.165, 1.54) is 16.7 Å². The third-order valence-corrected chi connectivity index (χ3v) is 6.43. The first-order valence-electron chi connectivity index (χ1n) is 12.2. The van der Waals surface area contributed by atoms with Gasteiger partial charge in [0.15, 0.2) is 11.5 Å². The van der Waals surface area contributed by atoms with Gasteiger partial charge in [-0.3, -0.25) is 4.79 Å². The number of aryl methyl sites for hydroxylation is 1. The standard InChI is InChI=1S/C29H31NO5/c1-2-21-6-8-26-25(15-21)16-22-4-3-5-24(14-22)19-30(10-11-32-12-13-33-26)29(31)18-23-7-9-27-28(17-23)35-20-34-27/h3-9,14-15,17H,2,10-13,16,18-20H2,1H3. The van der Waals surface area contributed by atoms with Gasteiger partial charge >= 0.3 is 0 Å². The minimum absolute atomic E-state index is 0.0548. The van der Waals surface area contributed by atoms with E-state index in [2.05, 4.69) is 49.4 Å². The van der Waals surface area contributed by atoms with Crippen LogP contribution in [0.25, 0.3) is 0 Å². The summed E-state index contributed by atoms with van der Waals surface area (Å²) in [5, 5.41) is 0. The summed E-state index contributed by atoms with van der Waals surface area (Å²) in [6, 6.07) is 20.6. The molecule has 6 heteroatoms. The molecule has 0 unspecified atom stereocenters. The number of carbonyl (C=O) groups is 1. The number of ether oxygens (including phenoxy) is 4. The predicted octanol–water partition coefficient (Wildman–Crippen LogP) is 4.55. The SMILES string of the molecule is CCc1ccc2c(c1)Cc1cccc(c1)CN(C(=O)Cc1ccc3c(c1)OCO3)CCOCCO2. The molecule has 0 saturated carbocycles. The first kappa shape index (κ1) is 23.2. The van der Waals surface area contributed by atoms with Crippen LogP contribution in [0, 0.1) is 0 Å². The second kappa shape index (κ2) is 10.8. The Balaban J connectivity index is 1.36. The molecule has 3 aromatic carbocycles. The molecule has 1 amide bonds. The molecular formula is C29H31NO5. The highest BCUT2D eigenvalue weighted by atomic mass is 16.7. The highest BCUT2D eigenvalue weighted by Crippen LogP contribution is 2.32. The number of nitrogens with zero attached hydrogens (tertiary/aromatic N) is 1. The number of hydrogen-bond acceptors (Lipinski definition) is 5. The van der Waals surface area contributed by atoms with Gasteiger partial charge in [-0.05, 0) is 52.4 Å². The van der Waals surface area contributed by atoms with Gasteiger partial charge in [0.25, 0.3) is 0 Å². The Morgan fingerprint density at radius 1 is 0.829 bits per heavy atom. The van der Waals surface area contributed by atoms with Crippen molar-refractivity contribution in [3.8, 4) is 17.2 Å². The third-order valence-electron chi connectivity index (χ3n) is 6.43. The molecular weight excluding hydrogens is 442 g/mol. The lowest BCUT2D eigenvalue weighted by atomic mass is 9.99. The fourth-order valence-electron chi connectivity index (χ4n) is 4.53. The second-order valence-corrected chi connectivity index (χ2v) is 8.93. The van der Waals surface area contributed by atoms with Crippen molar-refractivity contribution in [2.75, 3.05) is 33.2 Å². The summed E-state index contributed by atoms with van der Waals surface area (Å²) in [6.45, 7) is 4.85. The topological polar surface area (TPSA) is 57.2 Å². The Kier molecular flexibility index (Phi) is 7.19. The highest BCUT2D eigenvalue weighted by molar-refractivity contribution is 5.79. The summed E-state index contributed by atoms with van der Waals surface area (Å²) in [6.07, 6.45) is 2.06. The van der Waals surface area contributed by atoms with Crippen molar-refractivity contribution in [1.29, 1.82) is 0 Å². The van der Waals surface area contributed by atoms with Gasteiger partial charge in [-0.1, -0.05) is 49.4 Å². The summed E-state index contributed by atoms with van der Waals surface area (Å²) in [5.41, 5.74) is 5.69. The van der Waals surface area contributed by atoms with Crippen LogP contribution in [0.15, 0.2) is 60.7 Å². The van der Waals surface area contributed by atoms with E-state index in [4.69, 9.17) is 18.9 Å². The van der Waals surface area contributed by atoms with Gasteiger partial charge in [0.2, 0.25) is 12.7 Å². The van der Waals surface area contributed by atoms with Crippen molar-refractivity contribution < 1.29 is 23.7 Å². The van der Waals surface area contributed by atoms with Crippen LogP contribution in [-0.4, -0.2) is 44.0 Å². The fourth-order valence-corrected chi connectivity index (χ4v) is 4.53. The minimum atomic E-state index is 0.0548. The Labute approximate surface area is 206 Å². The lowest BCUT2D eigenvalue weighted by Crippen LogP contribution is -2.35. The maximum atomic E-state index is 13.3.